The number of hydrogen-bond donors (Lipinski definition) is 1. The van der Waals surface area contributed by atoms with Crippen LogP contribution in [0.15, 0.2) is 41.5 Å². The van der Waals surface area contributed by atoms with Crippen LogP contribution in [0.2, 0.25) is 0 Å². The fourth-order valence-electron chi connectivity index (χ4n) is 1.80. The highest BCUT2D eigenvalue weighted by Gasteiger charge is 2.06. The molecule has 104 valence electrons. The van der Waals surface area contributed by atoms with Gasteiger partial charge in [0, 0.05) is 10.4 Å². The van der Waals surface area contributed by atoms with Crippen molar-refractivity contribution in [3.63, 3.8) is 0 Å². The molecular formula is C16H18N2OS. The zero-order valence-electron chi connectivity index (χ0n) is 11.9. The number of nitrogens with one attached hydrogen (secondary N) is 1. The highest BCUT2D eigenvalue weighted by atomic mass is 32.1. The number of aryl methyl sites for hydroxylation is 2. The molecule has 0 aliphatic rings. The van der Waals surface area contributed by atoms with E-state index in [0.29, 0.717) is 5.56 Å². The fraction of sp³-hybridized carbons (Fsp3) is 0.250. The van der Waals surface area contributed by atoms with Gasteiger partial charge in [-0.3, -0.25) is 4.79 Å². The van der Waals surface area contributed by atoms with Gasteiger partial charge < -0.3 is 0 Å². The van der Waals surface area contributed by atoms with Gasteiger partial charge in [0.15, 0.2) is 0 Å². The fourth-order valence-corrected chi connectivity index (χ4v) is 2.70. The van der Waals surface area contributed by atoms with Gasteiger partial charge in [-0.1, -0.05) is 24.6 Å². The summed E-state index contributed by atoms with van der Waals surface area (Å²) in [5.74, 6) is -0.180. The van der Waals surface area contributed by atoms with Crippen molar-refractivity contribution in [3.8, 4) is 0 Å². The van der Waals surface area contributed by atoms with Crippen molar-refractivity contribution in [2.75, 3.05) is 0 Å². The van der Waals surface area contributed by atoms with E-state index in [1.165, 1.54) is 4.88 Å². The Labute approximate surface area is 123 Å². The molecule has 2 aromatic rings. The van der Waals surface area contributed by atoms with Gasteiger partial charge in [-0.15, -0.1) is 11.3 Å². The average molecular weight is 286 g/mol. The lowest BCUT2D eigenvalue weighted by atomic mass is 10.1. The van der Waals surface area contributed by atoms with Crippen molar-refractivity contribution < 1.29 is 4.79 Å². The summed E-state index contributed by atoms with van der Waals surface area (Å²) < 4.78 is 0. The maximum absolute atomic E-state index is 12.0. The Balaban J connectivity index is 2.06. The van der Waals surface area contributed by atoms with E-state index in [-0.39, 0.29) is 5.91 Å². The zero-order chi connectivity index (χ0) is 14.5. The average Bonchev–Trinajstić information content (AvgIpc) is 2.93. The van der Waals surface area contributed by atoms with Crippen LogP contribution in [0.3, 0.4) is 0 Å². The van der Waals surface area contributed by atoms with E-state index in [2.05, 4.69) is 23.5 Å². The minimum Gasteiger partial charge on any atom is -0.267 e. The SMILES string of the molecule is CCc1ccc(C(C)=NNC(=O)c2cccc(C)c2)s1. The Morgan fingerprint density at radius 1 is 1.30 bits per heavy atom. The molecule has 3 nitrogen and oxygen atoms in total. The number of hydrogen-bond acceptors (Lipinski definition) is 3. The number of carbonyl (C=O) groups excluding carboxylic acids is 1. The van der Waals surface area contributed by atoms with E-state index in [9.17, 15) is 4.79 Å². The number of rotatable bonds is 4. The van der Waals surface area contributed by atoms with E-state index in [1.807, 2.05) is 38.1 Å². The minimum absolute atomic E-state index is 0.180. The zero-order valence-corrected chi connectivity index (χ0v) is 12.8. The minimum atomic E-state index is -0.180. The molecule has 0 bridgehead atoms. The van der Waals surface area contributed by atoms with Gasteiger partial charge in [-0.25, -0.2) is 5.43 Å². The Bertz CT molecular complexity index is 643. The molecule has 1 heterocycles. The Kier molecular flexibility index (Phi) is 4.69. The molecule has 0 saturated carbocycles. The van der Waals surface area contributed by atoms with Crippen LogP contribution in [0.25, 0.3) is 0 Å². The summed E-state index contributed by atoms with van der Waals surface area (Å²) in [5, 5.41) is 4.18. The van der Waals surface area contributed by atoms with Gasteiger partial charge >= 0.3 is 0 Å². The maximum Gasteiger partial charge on any atom is 0.271 e. The van der Waals surface area contributed by atoms with Crippen molar-refractivity contribution in [2.24, 2.45) is 5.10 Å². The largest absolute Gasteiger partial charge is 0.271 e. The number of carbonyl (C=O) groups is 1. The smallest absolute Gasteiger partial charge is 0.267 e. The van der Waals surface area contributed by atoms with Crippen LogP contribution in [0.4, 0.5) is 0 Å². The summed E-state index contributed by atoms with van der Waals surface area (Å²) in [4.78, 5) is 14.4. The third-order valence-electron chi connectivity index (χ3n) is 2.97. The number of thiophene rings is 1. The van der Waals surface area contributed by atoms with Crippen molar-refractivity contribution in [3.05, 3.63) is 57.3 Å². The van der Waals surface area contributed by atoms with Crippen LogP contribution in [0, 0.1) is 6.92 Å². The number of benzene rings is 1. The summed E-state index contributed by atoms with van der Waals surface area (Å²) in [6.07, 6.45) is 1.02. The molecule has 0 aliphatic heterocycles. The Hall–Kier alpha value is -1.94. The molecule has 4 heteroatoms. The highest BCUT2D eigenvalue weighted by molar-refractivity contribution is 7.14. The van der Waals surface area contributed by atoms with Crippen molar-refractivity contribution >= 4 is 23.0 Å². The van der Waals surface area contributed by atoms with Crippen LogP contribution < -0.4 is 5.43 Å². The van der Waals surface area contributed by atoms with E-state index < -0.39 is 0 Å². The lowest BCUT2D eigenvalue weighted by Crippen LogP contribution is -2.19. The van der Waals surface area contributed by atoms with Gasteiger partial charge in [0.25, 0.3) is 5.91 Å². The van der Waals surface area contributed by atoms with Crippen LogP contribution in [0.1, 0.15) is 39.5 Å². The van der Waals surface area contributed by atoms with Crippen molar-refractivity contribution in [1.82, 2.24) is 5.43 Å². The molecule has 1 N–H and O–H groups in total. The lowest BCUT2D eigenvalue weighted by molar-refractivity contribution is 0.0955. The molecule has 0 spiro atoms. The van der Waals surface area contributed by atoms with Crippen LogP contribution in [-0.4, -0.2) is 11.6 Å². The van der Waals surface area contributed by atoms with Gasteiger partial charge in [-0.2, -0.15) is 5.10 Å². The number of amides is 1. The summed E-state index contributed by atoms with van der Waals surface area (Å²) in [7, 11) is 0. The summed E-state index contributed by atoms with van der Waals surface area (Å²) in [5.41, 5.74) is 5.12. The quantitative estimate of drug-likeness (QED) is 0.674. The van der Waals surface area contributed by atoms with Crippen molar-refractivity contribution in [1.29, 1.82) is 0 Å². The first-order valence-electron chi connectivity index (χ1n) is 6.60. The van der Waals surface area contributed by atoms with Gasteiger partial charge in [0.05, 0.1) is 10.6 Å². The molecule has 2 rings (SSSR count). The van der Waals surface area contributed by atoms with Gasteiger partial charge in [0.2, 0.25) is 0 Å². The predicted octanol–water partition coefficient (Wildman–Crippen LogP) is 3.77. The molecule has 0 aliphatic carbocycles. The monoisotopic (exact) mass is 286 g/mol. The molecule has 0 fully saturated rings. The number of nitrogens with zero attached hydrogens (tertiary/aromatic N) is 1. The number of hydrazone groups is 1. The molecule has 1 aromatic carbocycles. The molecule has 0 atom stereocenters. The van der Waals surface area contributed by atoms with Gasteiger partial charge in [-0.05, 0) is 44.5 Å². The van der Waals surface area contributed by atoms with E-state index in [1.54, 1.807) is 17.4 Å². The second-order valence-electron chi connectivity index (χ2n) is 4.63. The molecular weight excluding hydrogens is 268 g/mol. The lowest BCUT2D eigenvalue weighted by Gasteiger charge is -2.02. The molecule has 20 heavy (non-hydrogen) atoms. The second kappa shape index (κ2) is 6.48. The van der Waals surface area contributed by atoms with Crippen LogP contribution >= 0.6 is 11.3 Å². The molecule has 0 unspecified atom stereocenters. The first-order valence-corrected chi connectivity index (χ1v) is 7.42. The maximum atomic E-state index is 12.0. The molecule has 1 amide bonds. The van der Waals surface area contributed by atoms with Crippen molar-refractivity contribution in [2.45, 2.75) is 27.2 Å². The van der Waals surface area contributed by atoms with E-state index in [0.717, 1.165) is 22.6 Å². The van der Waals surface area contributed by atoms with Crippen LogP contribution in [-0.2, 0) is 6.42 Å². The van der Waals surface area contributed by atoms with E-state index >= 15 is 0 Å². The second-order valence-corrected chi connectivity index (χ2v) is 5.80. The van der Waals surface area contributed by atoms with E-state index in [4.69, 9.17) is 0 Å². The van der Waals surface area contributed by atoms with Gasteiger partial charge in [0.1, 0.15) is 0 Å². The topological polar surface area (TPSA) is 41.5 Å². The highest BCUT2D eigenvalue weighted by Crippen LogP contribution is 2.17. The third-order valence-corrected chi connectivity index (χ3v) is 4.31. The Morgan fingerprint density at radius 2 is 2.10 bits per heavy atom. The Morgan fingerprint density at radius 3 is 2.75 bits per heavy atom. The third kappa shape index (κ3) is 3.54. The normalized spacial score (nSPS) is 11.4. The molecule has 0 radical (unpaired) electrons. The summed E-state index contributed by atoms with van der Waals surface area (Å²) in [6.45, 7) is 5.99. The predicted molar refractivity (Wildman–Crippen MR) is 84.6 cm³/mol. The first kappa shape index (κ1) is 14.5. The first-order chi connectivity index (χ1) is 9.60. The molecule has 1 aromatic heterocycles. The summed E-state index contributed by atoms with van der Waals surface area (Å²) in [6, 6.07) is 11.6. The summed E-state index contributed by atoms with van der Waals surface area (Å²) >= 11 is 1.71. The standard InChI is InChI=1S/C16H18N2OS/c1-4-14-8-9-15(20-14)12(3)17-18-16(19)13-7-5-6-11(2)10-13/h5-10H,4H2,1-3H3,(H,18,19). The van der Waals surface area contributed by atoms with Crippen LogP contribution in [0.5, 0.6) is 0 Å². The molecule has 0 saturated heterocycles.